The van der Waals surface area contributed by atoms with Crippen LogP contribution < -0.4 is 9.47 Å². The predicted octanol–water partition coefficient (Wildman–Crippen LogP) is 5.56. The summed E-state index contributed by atoms with van der Waals surface area (Å²) in [6.07, 6.45) is 1.31. The zero-order valence-electron chi connectivity index (χ0n) is 13.4. The van der Waals surface area contributed by atoms with Gasteiger partial charge in [-0.2, -0.15) is 22.8 Å². The Kier molecular flexibility index (Phi) is 5.57. The molecule has 0 aliphatic heterocycles. The monoisotopic (exact) mass is 394 g/mol. The number of thiazole rings is 1. The smallest absolute Gasteiger partial charge is 0.387 e. The van der Waals surface area contributed by atoms with Crippen LogP contribution in [-0.2, 0) is 0 Å². The van der Waals surface area contributed by atoms with Crippen molar-refractivity contribution in [2.75, 3.05) is 0 Å². The number of hydrogen-bond donors (Lipinski definition) is 0. The van der Waals surface area contributed by atoms with Gasteiger partial charge >= 0.3 is 13.2 Å². The van der Waals surface area contributed by atoms with Gasteiger partial charge in [0.15, 0.2) is 0 Å². The Balaban J connectivity index is 2.03. The van der Waals surface area contributed by atoms with E-state index in [1.807, 2.05) is 18.2 Å². The van der Waals surface area contributed by atoms with Gasteiger partial charge in [-0.1, -0.05) is 12.1 Å². The van der Waals surface area contributed by atoms with E-state index in [4.69, 9.17) is 0 Å². The summed E-state index contributed by atoms with van der Waals surface area (Å²) >= 11 is 1.27. The second-order valence-electron chi connectivity index (χ2n) is 5.11. The molecule has 3 rings (SSSR count). The molecule has 138 valence electrons. The molecule has 0 unspecified atom stereocenters. The molecule has 0 bridgehead atoms. The first-order valence-electron chi connectivity index (χ1n) is 7.47. The number of allylic oxidation sites excluding steroid dienone is 1. The molecule has 0 spiro atoms. The lowest BCUT2D eigenvalue weighted by molar-refractivity contribution is -0.0543. The van der Waals surface area contributed by atoms with Crippen LogP contribution in [0.4, 0.5) is 17.6 Å². The van der Waals surface area contributed by atoms with Gasteiger partial charge in [-0.3, -0.25) is 0 Å². The normalized spacial score (nSPS) is 11.8. The Morgan fingerprint density at radius 2 is 1.81 bits per heavy atom. The molecule has 0 radical (unpaired) electrons. The van der Waals surface area contributed by atoms with E-state index in [0.717, 1.165) is 10.8 Å². The molecule has 1 aromatic heterocycles. The lowest BCUT2D eigenvalue weighted by atomic mass is 10.1. The van der Waals surface area contributed by atoms with Crippen LogP contribution in [0.25, 0.3) is 21.9 Å². The number of rotatable bonds is 6. The number of nitriles is 1. The van der Waals surface area contributed by atoms with E-state index in [1.54, 1.807) is 12.1 Å². The van der Waals surface area contributed by atoms with E-state index in [1.165, 1.54) is 29.5 Å². The van der Waals surface area contributed by atoms with Gasteiger partial charge in [-0.25, -0.2) is 4.98 Å². The minimum absolute atomic E-state index is 0.104. The highest BCUT2D eigenvalue weighted by Gasteiger charge is 2.15. The highest BCUT2D eigenvalue weighted by molar-refractivity contribution is 7.19. The average molecular weight is 394 g/mol. The average Bonchev–Trinajstić information content (AvgIpc) is 3.04. The van der Waals surface area contributed by atoms with Crippen molar-refractivity contribution in [1.29, 1.82) is 5.26 Å². The van der Waals surface area contributed by atoms with Crippen molar-refractivity contribution in [2.45, 2.75) is 13.2 Å². The van der Waals surface area contributed by atoms with Crippen molar-refractivity contribution in [1.82, 2.24) is 4.98 Å². The number of ether oxygens (including phenoxy) is 2. The first-order valence-corrected chi connectivity index (χ1v) is 8.29. The molecule has 0 amide bonds. The molecule has 0 fully saturated rings. The van der Waals surface area contributed by atoms with Crippen molar-refractivity contribution in [3.05, 3.63) is 53.0 Å². The second-order valence-corrected chi connectivity index (χ2v) is 6.14. The number of hydrogen-bond acceptors (Lipinski definition) is 5. The van der Waals surface area contributed by atoms with Gasteiger partial charge in [0.25, 0.3) is 0 Å². The van der Waals surface area contributed by atoms with Crippen molar-refractivity contribution >= 4 is 33.2 Å². The van der Waals surface area contributed by atoms with Gasteiger partial charge in [0.05, 0.1) is 15.8 Å². The largest absolute Gasteiger partial charge is 0.435 e. The molecular weight excluding hydrogens is 384 g/mol. The minimum Gasteiger partial charge on any atom is -0.435 e. The molecular formula is C18H10F4N2O2S. The van der Waals surface area contributed by atoms with E-state index in [0.29, 0.717) is 10.5 Å². The summed E-state index contributed by atoms with van der Waals surface area (Å²) in [7, 11) is 0. The number of alkyl halides is 4. The van der Waals surface area contributed by atoms with Crippen LogP contribution in [0.5, 0.6) is 11.5 Å². The molecule has 9 heteroatoms. The summed E-state index contributed by atoms with van der Waals surface area (Å²) in [5, 5.41) is 9.85. The zero-order chi connectivity index (χ0) is 19.4. The number of nitrogens with zero attached hydrogens (tertiary/aromatic N) is 2. The van der Waals surface area contributed by atoms with Crippen LogP contribution in [-0.4, -0.2) is 18.2 Å². The standard InChI is InChI=1S/C18H10F4N2O2S/c19-17(20)25-12-6-5-10(14(8-12)26-18(21)22)7-11(9-23)16-24-13-3-1-2-4-15(13)27-16/h1-8,17-18H. The van der Waals surface area contributed by atoms with Crippen LogP contribution in [0.15, 0.2) is 42.5 Å². The molecule has 0 aliphatic rings. The van der Waals surface area contributed by atoms with Gasteiger partial charge in [0.1, 0.15) is 22.6 Å². The van der Waals surface area contributed by atoms with Crippen molar-refractivity contribution < 1.29 is 27.0 Å². The quantitative estimate of drug-likeness (QED) is 0.406. The maximum absolute atomic E-state index is 12.7. The second kappa shape index (κ2) is 8.05. The SMILES string of the molecule is N#CC(=Cc1ccc(OC(F)F)cc1OC(F)F)c1nc2ccccc2s1. The van der Waals surface area contributed by atoms with Crippen LogP contribution in [0.1, 0.15) is 10.6 Å². The molecule has 0 saturated carbocycles. The Bertz CT molecular complexity index is 995. The van der Waals surface area contributed by atoms with Crippen LogP contribution >= 0.6 is 11.3 Å². The minimum atomic E-state index is -3.17. The fourth-order valence-electron chi connectivity index (χ4n) is 2.29. The van der Waals surface area contributed by atoms with Gasteiger partial charge in [-0.05, 0) is 30.3 Å². The summed E-state index contributed by atoms with van der Waals surface area (Å²) < 4.78 is 59.4. The fraction of sp³-hybridized carbons (Fsp3) is 0.111. The Morgan fingerprint density at radius 1 is 1.07 bits per heavy atom. The predicted molar refractivity (Wildman–Crippen MR) is 92.8 cm³/mol. The van der Waals surface area contributed by atoms with Gasteiger partial charge in [0, 0.05) is 11.6 Å². The summed E-state index contributed by atoms with van der Waals surface area (Å²) in [5.41, 5.74) is 0.925. The van der Waals surface area contributed by atoms with Gasteiger partial charge in [0.2, 0.25) is 0 Å². The Hall–Kier alpha value is -3.12. The fourth-order valence-corrected chi connectivity index (χ4v) is 3.22. The van der Waals surface area contributed by atoms with Gasteiger partial charge in [-0.15, -0.1) is 11.3 Å². The van der Waals surface area contributed by atoms with Crippen molar-refractivity contribution in [3.8, 4) is 17.6 Å². The van der Waals surface area contributed by atoms with E-state index in [2.05, 4.69) is 14.5 Å². The molecule has 1 heterocycles. The molecule has 2 aromatic carbocycles. The first-order chi connectivity index (χ1) is 13.0. The van der Waals surface area contributed by atoms with E-state index >= 15 is 0 Å². The number of fused-ring (bicyclic) bond motifs is 1. The van der Waals surface area contributed by atoms with Crippen molar-refractivity contribution in [3.63, 3.8) is 0 Å². The third kappa shape index (κ3) is 4.54. The van der Waals surface area contributed by atoms with Crippen LogP contribution in [0.3, 0.4) is 0 Å². The van der Waals surface area contributed by atoms with Crippen LogP contribution in [0, 0.1) is 11.3 Å². The maximum atomic E-state index is 12.7. The number of halogens is 4. The highest BCUT2D eigenvalue weighted by Crippen LogP contribution is 2.32. The van der Waals surface area contributed by atoms with E-state index < -0.39 is 19.0 Å². The first kappa shape index (κ1) is 18.7. The molecule has 0 aliphatic carbocycles. The number of para-hydroxylation sites is 1. The lowest BCUT2D eigenvalue weighted by Crippen LogP contribution is -2.05. The van der Waals surface area contributed by atoms with E-state index in [9.17, 15) is 22.8 Å². The molecule has 0 saturated heterocycles. The van der Waals surface area contributed by atoms with Gasteiger partial charge < -0.3 is 9.47 Å². The summed E-state index contributed by atoms with van der Waals surface area (Å²) in [5.74, 6) is -0.728. The third-order valence-electron chi connectivity index (χ3n) is 3.37. The van der Waals surface area contributed by atoms with Crippen LogP contribution in [0.2, 0.25) is 0 Å². The highest BCUT2D eigenvalue weighted by atomic mass is 32.1. The Morgan fingerprint density at radius 3 is 2.48 bits per heavy atom. The molecule has 0 atom stereocenters. The summed E-state index contributed by atoms with van der Waals surface area (Å²) in [4.78, 5) is 4.34. The molecule has 0 N–H and O–H groups in total. The number of aromatic nitrogens is 1. The third-order valence-corrected chi connectivity index (χ3v) is 4.44. The molecule has 27 heavy (non-hydrogen) atoms. The Labute approximate surface area is 154 Å². The maximum Gasteiger partial charge on any atom is 0.387 e. The lowest BCUT2D eigenvalue weighted by Gasteiger charge is -2.11. The topological polar surface area (TPSA) is 55.1 Å². The van der Waals surface area contributed by atoms with E-state index in [-0.39, 0.29) is 16.9 Å². The zero-order valence-corrected chi connectivity index (χ0v) is 14.2. The number of benzene rings is 2. The molecule has 4 nitrogen and oxygen atoms in total. The summed E-state index contributed by atoms with van der Waals surface area (Å²) in [6.45, 7) is -6.28. The van der Waals surface area contributed by atoms with Crippen molar-refractivity contribution in [2.24, 2.45) is 0 Å². The summed E-state index contributed by atoms with van der Waals surface area (Å²) in [6, 6.07) is 12.6. The molecule has 3 aromatic rings.